The quantitative estimate of drug-likeness (QED) is 0.555. The van der Waals surface area contributed by atoms with Gasteiger partial charge in [0.25, 0.3) is 0 Å². The molecule has 0 atom stereocenters. The van der Waals surface area contributed by atoms with Gasteiger partial charge in [-0.25, -0.2) is 0 Å². The third-order valence-corrected chi connectivity index (χ3v) is 2.13. The Labute approximate surface area is 57.8 Å². The highest BCUT2D eigenvalue weighted by Crippen LogP contribution is 2.22. The number of hydrogen-bond acceptors (Lipinski definition) is 1. The summed E-state index contributed by atoms with van der Waals surface area (Å²) >= 11 is 0. The molecule has 1 aliphatic carbocycles. The Morgan fingerprint density at radius 2 is 1.89 bits per heavy atom. The van der Waals surface area contributed by atoms with Crippen molar-refractivity contribution >= 4 is 0 Å². The van der Waals surface area contributed by atoms with E-state index in [1.54, 1.807) is 0 Å². The summed E-state index contributed by atoms with van der Waals surface area (Å²) < 4.78 is 0. The molecule has 9 heavy (non-hydrogen) atoms. The SMILES string of the molecule is [CH]NCC1CCCCC1. The first-order chi connectivity index (χ1) is 4.43. The summed E-state index contributed by atoms with van der Waals surface area (Å²) in [5.74, 6) is 0.865. The highest BCUT2D eigenvalue weighted by Gasteiger charge is 2.11. The summed E-state index contributed by atoms with van der Waals surface area (Å²) in [5, 5.41) is 2.74. The molecular weight excluding hydrogens is 110 g/mol. The van der Waals surface area contributed by atoms with Gasteiger partial charge in [0, 0.05) is 7.05 Å². The Bertz CT molecular complexity index is 62.2. The van der Waals surface area contributed by atoms with Crippen molar-refractivity contribution in [3.8, 4) is 0 Å². The molecule has 0 aliphatic heterocycles. The molecular formula is C8H15N. The van der Waals surface area contributed by atoms with Crippen LogP contribution in [0, 0.1) is 13.0 Å². The summed E-state index contributed by atoms with van der Waals surface area (Å²) in [7, 11) is 5.21. The molecule has 0 aromatic rings. The molecule has 1 heteroatoms. The van der Waals surface area contributed by atoms with Crippen LogP contribution in [0.5, 0.6) is 0 Å². The largest absolute Gasteiger partial charge is 0.311 e. The predicted molar refractivity (Wildman–Crippen MR) is 38.9 cm³/mol. The summed E-state index contributed by atoms with van der Waals surface area (Å²) in [6, 6.07) is 0. The van der Waals surface area contributed by atoms with E-state index in [0.29, 0.717) is 0 Å². The predicted octanol–water partition coefficient (Wildman–Crippen LogP) is 1.82. The summed E-state index contributed by atoms with van der Waals surface area (Å²) in [5.41, 5.74) is 0. The van der Waals surface area contributed by atoms with E-state index in [1.807, 2.05) is 0 Å². The van der Waals surface area contributed by atoms with Gasteiger partial charge in [0.15, 0.2) is 0 Å². The van der Waals surface area contributed by atoms with E-state index in [4.69, 9.17) is 7.05 Å². The van der Waals surface area contributed by atoms with Crippen LogP contribution >= 0.6 is 0 Å². The Balaban J connectivity index is 2.08. The minimum absolute atomic E-state index is 0.865. The van der Waals surface area contributed by atoms with Gasteiger partial charge in [-0.3, -0.25) is 0 Å². The van der Waals surface area contributed by atoms with Crippen LogP contribution in [-0.2, 0) is 0 Å². The average molecular weight is 125 g/mol. The van der Waals surface area contributed by atoms with E-state index >= 15 is 0 Å². The minimum atomic E-state index is 0.865. The van der Waals surface area contributed by atoms with Crippen molar-refractivity contribution in [1.29, 1.82) is 0 Å². The van der Waals surface area contributed by atoms with Crippen LogP contribution in [-0.4, -0.2) is 6.54 Å². The second-order valence-electron chi connectivity index (χ2n) is 2.91. The third-order valence-electron chi connectivity index (χ3n) is 2.13. The summed E-state index contributed by atoms with van der Waals surface area (Å²) in [4.78, 5) is 0. The number of nitrogens with one attached hydrogen (secondary N) is 1. The highest BCUT2D eigenvalue weighted by molar-refractivity contribution is 4.67. The van der Waals surface area contributed by atoms with Crippen LogP contribution in [0.1, 0.15) is 32.1 Å². The molecule has 1 aliphatic rings. The first-order valence-corrected chi connectivity index (χ1v) is 3.87. The molecule has 0 amide bonds. The molecule has 2 radical (unpaired) electrons. The van der Waals surface area contributed by atoms with Gasteiger partial charge < -0.3 is 5.32 Å². The zero-order valence-electron chi connectivity index (χ0n) is 5.90. The Morgan fingerprint density at radius 3 is 2.44 bits per heavy atom. The molecule has 0 spiro atoms. The second-order valence-corrected chi connectivity index (χ2v) is 2.91. The van der Waals surface area contributed by atoms with Gasteiger partial charge in [-0.05, 0) is 25.3 Å². The fraction of sp³-hybridized carbons (Fsp3) is 0.875. The number of rotatable bonds is 2. The van der Waals surface area contributed by atoms with E-state index < -0.39 is 0 Å². The molecule has 1 saturated carbocycles. The van der Waals surface area contributed by atoms with Crippen LogP contribution in [0.2, 0.25) is 0 Å². The maximum absolute atomic E-state index is 5.21. The maximum Gasteiger partial charge on any atom is 0.0407 e. The van der Waals surface area contributed by atoms with Crippen molar-refractivity contribution < 1.29 is 0 Å². The van der Waals surface area contributed by atoms with Crippen molar-refractivity contribution in [3.05, 3.63) is 7.05 Å². The molecule has 1 N–H and O–H groups in total. The molecule has 52 valence electrons. The van der Waals surface area contributed by atoms with Crippen LogP contribution in [0.4, 0.5) is 0 Å². The van der Waals surface area contributed by atoms with Crippen molar-refractivity contribution in [1.82, 2.24) is 5.32 Å². The van der Waals surface area contributed by atoms with Gasteiger partial charge >= 0.3 is 0 Å². The third kappa shape index (κ3) is 2.35. The van der Waals surface area contributed by atoms with Crippen LogP contribution < -0.4 is 5.32 Å². The van der Waals surface area contributed by atoms with Gasteiger partial charge in [-0.2, -0.15) is 0 Å². The molecule has 1 rings (SSSR count). The van der Waals surface area contributed by atoms with Crippen molar-refractivity contribution in [3.63, 3.8) is 0 Å². The average Bonchev–Trinajstić information content (AvgIpc) is 1.91. The lowest BCUT2D eigenvalue weighted by molar-refractivity contribution is 0.353. The Kier molecular flexibility index (Phi) is 3.05. The summed E-state index contributed by atoms with van der Waals surface area (Å²) in [6.45, 7) is 1.01. The lowest BCUT2D eigenvalue weighted by atomic mass is 9.89. The lowest BCUT2D eigenvalue weighted by Gasteiger charge is -2.20. The normalized spacial score (nSPS) is 22.3. The molecule has 0 heterocycles. The topological polar surface area (TPSA) is 12.0 Å². The van der Waals surface area contributed by atoms with Gasteiger partial charge in [-0.1, -0.05) is 19.3 Å². The van der Waals surface area contributed by atoms with E-state index in [-0.39, 0.29) is 0 Å². The molecule has 0 saturated heterocycles. The zero-order chi connectivity index (χ0) is 6.53. The first-order valence-electron chi connectivity index (χ1n) is 3.87. The van der Waals surface area contributed by atoms with Crippen molar-refractivity contribution in [2.45, 2.75) is 32.1 Å². The molecule has 0 unspecified atom stereocenters. The monoisotopic (exact) mass is 125 g/mol. The van der Waals surface area contributed by atoms with Gasteiger partial charge in [0.05, 0.1) is 0 Å². The Morgan fingerprint density at radius 1 is 1.22 bits per heavy atom. The second kappa shape index (κ2) is 3.89. The van der Waals surface area contributed by atoms with Gasteiger partial charge in [0.2, 0.25) is 0 Å². The minimum Gasteiger partial charge on any atom is -0.311 e. The number of hydrogen-bond donors (Lipinski definition) is 1. The van der Waals surface area contributed by atoms with Crippen LogP contribution in [0.15, 0.2) is 0 Å². The molecule has 1 nitrogen and oxygen atoms in total. The fourth-order valence-corrected chi connectivity index (χ4v) is 1.56. The fourth-order valence-electron chi connectivity index (χ4n) is 1.56. The first kappa shape index (κ1) is 7.07. The highest BCUT2D eigenvalue weighted by atomic mass is 14.8. The summed E-state index contributed by atoms with van der Waals surface area (Å²) in [6.07, 6.45) is 7.01. The van der Waals surface area contributed by atoms with Crippen LogP contribution in [0.3, 0.4) is 0 Å². The molecule has 1 fully saturated rings. The van der Waals surface area contributed by atoms with E-state index in [2.05, 4.69) is 5.32 Å². The van der Waals surface area contributed by atoms with Crippen LogP contribution in [0.25, 0.3) is 0 Å². The smallest absolute Gasteiger partial charge is 0.0407 e. The molecule has 0 bridgehead atoms. The van der Waals surface area contributed by atoms with Gasteiger partial charge in [-0.15, -0.1) is 0 Å². The Hall–Kier alpha value is -0.0400. The standard InChI is InChI=1S/C8H15N/c1-9-7-8-5-3-2-4-6-8/h1,8-9H,2-7H2. The van der Waals surface area contributed by atoms with Gasteiger partial charge in [0.1, 0.15) is 0 Å². The maximum atomic E-state index is 5.21. The molecule has 0 aromatic heterocycles. The zero-order valence-corrected chi connectivity index (χ0v) is 5.90. The molecule has 0 aromatic carbocycles. The van der Waals surface area contributed by atoms with Crippen molar-refractivity contribution in [2.24, 2.45) is 5.92 Å². The van der Waals surface area contributed by atoms with E-state index in [0.717, 1.165) is 12.5 Å². The van der Waals surface area contributed by atoms with E-state index in [1.165, 1.54) is 32.1 Å². The van der Waals surface area contributed by atoms with E-state index in [9.17, 15) is 0 Å². The van der Waals surface area contributed by atoms with Crippen molar-refractivity contribution in [2.75, 3.05) is 6.54 Å². The lowest BCUT2D eigenvalue weighted by Crippen LogP contribution is -2.19.